The lowest BCUT2D eigenvalue weighted by molar-refractivity contribution is -0.120. The normalized spacial score (nSPS) is 11.8. The van der Waals surface area contributed by atoms with Crippen molar-refractivity contribution in [1.29, 1.82) is 5.26 Å². The quantitative estimate of drug-likeness (QED) is 0.289. The standard InChI is InChI=1S/C26H28FN3OS/c1-18-23(26(29)25(31)7-5-3-4-6-16-28)17-24(19-8-14-22(32-2)15-9-19)30(18)21-12-10-20(27)11-13-21/h8-15,17,26H,3-7,29H2,1-2H3. The molecule has 3 aromatic rings. The van der Waals surface area contributed by atoms with Gasteiger partial charge in [-0.05, 0) is 79.6 Å². The zero-order chi connectivity index (χ0) is 23.1. The van der Waals surface area contributed by atoms with E-state index in [1.54, 1.807) is 23.9 Å². The number of nitriles is 1. The van der Waals surface area contributed by atoms with Crippen molar-refractivity contribution < 1.29 is 9.18 Å². The Kier molecular flexibility index (Phi) is 8.26. The van der Waals surface area contributed by atoms with Crippen molar-refractivity contribution in [2.75, 3.05) is 6.26 Å². The van der Waals surface area contributed by atoms with E-state index in [9.17, 15) is 9.18 Å². The van der Waals surface area contributed by atoms with Gasteiger partial charge in [-0.1, -0.05) is 18.6 Å². The van der Waals surface area contributed by atoms with Crippen molar-refractivity contribution in [3.8, 4) is 23.0 Å². The van der Waals surface area contributed by atoms with E-state index >= 15 is 0 Å². The van der Waals surface area contributed by atoms with Gasteiger partial charge in [-0.15, -0.1) is 11.8 Å². The fourth-order valence-corrected chi connectivity index (χ4v) is 4.26. The van der Waals surface area contributed by atoms with Crippen LogP contribution in [-0.2, 0) is 4.79 Å². The molecule has 0 saturated carbocycles. The topological polar surface area (TPSA) is 71.8 Å². The van der Waals surface area contributed by atoms with Gasteiger partial charge in [0.05, 0.1) is 17.8 Å². The number of benzene rings is 2. The van der Waals surface area contributed by atoms with E-state index in [0.717, 1.165) is 52.4 Å². The number of nitrogens with two attached hydrogens (primary N) is 1. The number of thioether (sulfide) groups is 1. The summed E-state index contributed by atoms with van der Waals surface area (Å²) in [5.41, 5.74) is 10.8. The Morgan fingerprint density at radius 2 is 1.81 bits per heavy atom. The number of nitrogens with zero attached hydrogens (tertiary/aromatic N) is 2. The SMILES string of the molecule is CSc1ccc(-c2cc(C(N)C(=O)CCCCCC#N)c(C)n2-c2ccc(F)cc2)cc1. The van der Waals surface area contributed by atoms with Crippen molar-refractivity contribution in [1.82, 2.24) is 4.57 Å². The molecule has 2 N–H and O–H groups in total. The van der Waals surface area contributed by atoms with Crippen LogP contribution in [0.15, 0.2) is 59.5 Å². The highest BCUT2D eigenvalue weighted by atomic mass is 32.2. The summed E-state index contributed by atoms with van der Waals surface area (Å²) in [6, 6.07) is 17.9. The highest BCUT2D eigenvalue weighted by Crippen LogP contribution is 2.33. The van der Waals surface area contributed by atoms with E-state index in [1.165, 1.54) is 12.1 Å². The lowest BCUT2D eigenvalue weighted by Gasteiger charge is -2.14. The van der Waals surface area contributed by atoms with Crippen LogP contribution in [0.25, 0.3) is 16.9 Å². The molecule has 0 amide bonds. The van der Waals surface area contributed by atoms with Gasteiger partial charge in [-0.3, -0.25) is 4.79 Å². The predicted molar refractivity (Wildman–Crippen MR) is 128 cm³/mol. The Balaban J connectivity index is 1.96. The van der Waals surface area contributed by atoms with Gasteiger partial charge in [-0.2, -0.15) is 5.26 Å². The molecule has 0 radical (unpaired) electrons. The van der Waals surface area contributed by atoms with Crippen LogP contribution in [-0.4, -0.2) is 16.6 Å². The lowest BCUT2D eigenvalue weighted by Crippen LogP contribution is -2.21. The van der Waals surface area contributed by atoms with Crippen molar-refractivity contribution in [2.45, 2.75) is 50.0 Å². The van der Waals surface area contributed by atoms with E-state index in [0.29, 0.717) is 12.8 Å². The molecule has 0 aliphatic rings. The van der Waals surface area contributed by atoms with Crippen LogP contribution < -0.4 is 5.73 Å². The Morgan fingerprint density at radius 1 is 1.12 bits per heavy atom. The third-order valence-corrected chi connectivity index (χ3v) is 6.39. The molecule has 1 aromatic heterocycles. The maximum atomic E-state index is 13.6. The van der Waals surface area contributed by atoms with E-state index in [2.05, 4.69) is 18.2 Å². The average Bonchev–Trinajstić information content (AvgIpc) is 3.15. The number of halogens is 1. The van der Waals surface area contributed by atoms with Crippen LogP contribution >= 0.6 is 11.8 Å². The van der Waals surface area contributed by atoms with E-state index in [4.69, 9.17) is 11.0 Å². The molecule has 166 valence electrons. The Bertz CT molecular complexity index is 1100. The summed E-state index contributed by atoms with van der Waals surface area (Å²) in [7, 11) is 0. The second kappa shape index (κ2) is 11.1. The van der Waals surface area contributed by atoms with Gasteiger partial charge >= 0.3 is 0 Å². The average molecular weight is 450 g/mol. The number of ketones is 1. The second-order valence-electron chi connectivity index (χ2n) is 7.77. The van der Waals surface area contributed by atoms with E-state index in [-0.39, 0.29) is 11.6 Å². The molecule has 0 bridgehead atoms. The van der Waals surface area contributed by atoms with Gasteiger partial charge in [0.2, 0.25) is 0 Å². The minimum atomic E-state index is -0.725. The van der Waals surface area contributed by atoms with Crippen LogP contribution in [0.2, 0.25) is 0 Å². The van der Waals surface area contributed by atoms with Crippen LogP contribution in [0.1, 0.15) is 49.4 Å². The van der Waals surface area contributed by atoms with Gasteiger partial charge in [0.25, 0.3) is 0 Å². The number of Topliss-reactive ketones (excluding diaryl/α,β-unsaturated/α-hetero) is 1. The first-order valence-corrected chi connectivity index (χ1v) is 12.0. The van der Waals surface area contributed by atoms with Crippen molar-refractivity contribution >= 4 is 17.5 Å². The molecular weight excluding hydrogens is 421 g/mol. The van der Waals surface area contributed by atoms with Crippen molar-refractivity contribution in [2.24, 2.45) is 5.73 Å². The molecule has 4 nitrogen and oxygen atoms in total. The third-order valence-electron chi connectivity index (χ3n) is 5.65. The summed E-state index contributed by atoms with van der Waals surface area (Å²) in [6.07, 6.45) is 5.31. The number of rotatable bonds is 10. The van der Waals surface area contributed by atoms with Crippen LogP contribution in [0, 0.1) is 24.1 Å². The number of carbonyl (C=O) groups excluding carboxylic acids is 1. The molecule has 0 aliphatic heterocycles. The monoisotopic (exact) mass is 449 g/mol. The smallest absolute Gasteiger partial charge is 0.154 e. The fourth-order valence-electron chi connectivity index (χ4n) is 3.85. The number of aromatic nitrogens is 1. The van der Waals surface area contributed by atoms with Crippen molar-refractivity contribution in [3.63, 3.8) is 0 Å². The summed E-state index contributed by atoms with van der Waals surface area (Å²) in [4.78, 5) is 14.0. The predicted octanol–water partition coefficient (Wildman–Crippen LogP) is 6.36. The summed E-state index contributed by atoms with van der Waals surface area (Å²) < 4.78 is 15.6. The molecule has 2 aromatic carbocycles. The van der Waals surface area contributed by atoms with E-state index in [1.807, 2.05) is 35.9 Å². The molecule has 0 spiro atoms. The summed E-state index contributed by atoms with van der Waals surface area (Å²) >= 11 is 1.67. The first-order chi connectivity index (χ1) is 15.5. The van der Waals surface area contributed by atoms with Crippen LogP contribution in [0.5, 0.6) is 0 Å². The number of unbranched alkanes of at least 4 members (excludes halogenated alkanes) is 3. The molecule has 6 heteroatoms. The largest absolute Gasteiger partial charge is 0.318 e. The minimum Gasteiger partial charge on any atom is -0.318 e. The second-order valence-corrected chi connectivity index (χ2v) is 8.65. The lowest BCUT2D eigenvalue weighted by atomic mass is 9.99. The van der Waals surface area contributed by atoms with Crippen molar-refractivity contribution in [3.05, 3.63) is 71.7 Å². The summed E-state index contributed by atoms with van der Waals surface area (Å²) in [5.74, 6) is -0.307. The van der Waals surface area contributed by atoms with Gasteiger partial charge in [-0.25, -0.2) is 4.39 Å². The maximum absolute atomic E-state index is 13.6. The van der Waals surface area contributed by atoms with Crippen LogP contribution in [0.3, 0.4) is 0 Å². The van der Waals surface area contributed by atoms with E-state index < -0.39 is 6.04 Å². The zero-order valence-corrected chi connectivity index (χ0v) is 19.3. The first-order valence-electron chi connectivity index (χ1n) is 10.7. The molecule has 1 unspecified atom stereocenters. The molecule has 0 saturated heterocycles. The highest BCUT2D eigenvalue weighted by molar-refractivity contribution is 7.98. The Hall–Kier alpha value is -2.88. The molecule has 1 heterocycles. The summed E-state index contributed by atoms with van der Waals surface area (Å²) in [5, 5.41) is 8.64. The third kappa shape index (κ3) is 5.48. The van der Waals surface area contributed by atoms with Gasteiger partial charge in [0.1, 0.15) is 5.82 Å². The molecule has 32 heavy (non-hydrogen) atoms. The number of hydrogen-bond donors (Lipinski definition) is 1. The van der Waals surface area contributed by atoms with Gasteiger partial charge < -0.3 is 10.3 Å². The Morgan fingerprint density at radius 3 is 2.44 bits per heavy atom. The fraction of sp³-hybridized carbons (Fsp3) is 0.308. The zero-order valence-electron chi connectivity index (χ0n) is 18.5. The maximum Gasteiger partial charge on any atom is 0.154 e. The van der Waals surface area contributed by atoms with Gasteiger partial charge in [0, 0.05) is 29.1 Å². The number of carbonyl (C=O) groups is 1. The Labute approximate surface area is 193 Å². The summed E-state index contributed by atoms with van der Waals surface area (Å²) in [6.45, 7) is 1.94. The molecule has 1 atom stereocenters. The highest BCUT2D eigenvalue weighted by Gasteiger charge is 2.23. The molecular formula is C26H28FN3OS. The molecule has 0 aliphatic carbocycles. The first kappa shape index (κ1) is 23.8. The minimum absolute atomic E-state index is 0.00871. The van der Waals surface area contributed by atoms with Crippen LogP contribution in [0.4, 0.5) is 4.39 Å². The number of hydrogen-bond acceptors (Lipinski definition) is 4. The molecule has 0 fully saturated rings. The molecule has 3 rings (SSSR count). The van der Waals surface area contributed by atoms with Gasteiger partial charge in [0.15, 0.2) is 5.78 Å².